The van der Waals surface area contributed by atoms with E-state index in [0.29, 0.717) is 64.3 Å². The van der Waals surface area contributed by atoms with E-state index >= 15 is 0 Å². The molecule has 4 N–H and O–H groups in total. The Balaban J connectivity index is 0.767. The molecule has 3 amide bonds. The van der Waals surface area contributed by atoms with Crippen LogP contribution in [0.2, 0.25) is 0 Å². The van der Waals surface area contributed by atoms with Crippen LogP contribution in [0.5, 0.6) is 23.0 Å². The molecule has 0 saturated carbocycles. The van der Waals surface area contributed by atoms with Crippen LogP contribution in [0.25, 0.3) is 22.5 Å². The van der Waals surface area contributed by atoms with E-state index in [1.165, 1.54) is 29.8 Å². The van der Waals surface area contributed by atoms with Crippen molar-refractivity contribution in [3.05, 3.63) is 173 Å². The molecule has 0 bridgehead atoms. The van der Waals surface area contributed by atoms with Crippen molar-refractivity contribution in [3.8, 4) is 45.5 Å². The molecule has 8 rings (SSSR count). The molecule has 0 spiro atoms. The summed E-state index contributed by atoms with van der Waals surface area (Å²) in [5.41, 5.74) is 6.87. The van der Waals surface area contributed by atoms with Crippen LogP contribution in [0.1, 0.15) is 64.1 Å². The van der Waals surface area contributed by atoms with Gasteiger partial charge in [0.2, 0.25) is 5.91 Å². The van der Waals surface area contributed by atoms with Gasteiger partial charge < -0.3 is 58.5 Å². The number of fused-ring (bicyclic) bond motifs is 5. The number of nitrogens with one attached hydrogen (secondary N) is 2. The molecule has 22 heteroatoms. The zero-order valence-corrected chi connectivity index (χ0v) is 47.0. The van der Waals surface area contributed by atoms with Crippen molar-refractivity contribution in [1.82, 2.24) is 25.6 Å². The van der Waals surface area contributed by atoms with E-state index < -0.39 is 37.6 Å². The smallest absolute Gasteiger partial charge is 0.407 e. The van der Waals surface area contributed by atoms with Gasteiger partial charge >= 0.3 is 25.6 Å². The van der Waals surface area contributed by atoms with E-state index in [0.717, 1.165) is 29.8 Å². The van der Waals surface area contributed by atoms with Crippen LogP contribution in [0.3, 0.4) is 0 Å². The summed E-state index contributed by atoms with van der Waals surface area (Å²) in [7, 11) is -3.69. The summed E-state index contributed by atoms with van der Waals surface area (Å²) in [6.07, 6.45) is -0.365. The molecule has 0 radical (unpaired) electrons. The predicted octanol–water partition coefficient (Wildman–Crippen LogP) is 8.59. The van der Waals surface area contributed by atoms with Crippen LogP contribution in [0.4, 0.5) is 10.5 Å². The number of anilines is 1. The van der Waals surface area contributed by atoms with Crippen molar-refractivity contribution in [1.29, 1.82) is 0 Å². The quantitative estimate of drug-likeness (QED) is 0.0162. The topological polar surface area (TPSA) is 265 Å². The highest BCUT2D eigenvalue weighted by atomic mass is 31.2. The highest BCUT2D eigenvalue weighted by molar-refractivity contribution is 7.51. The highest BCUT2D eigenvalue weighted by Crippen LogP contribution is 2.41. The fourth-order valence-electron chi connectivity index (χ4n) is 8.67. The number of aromatic nitrogens is 3. The minimum Gasteiger partial charge on any atom is -0.492 e. The van der Waals surface area contributed by atoms with Gasteiger partial charge in [-0.1, -0.05) is 85.8 Å². The summed E-state index contributed by atoms with van der Waals surface area (Å²) >= 11 is 0. The fraction of sp³-hybridized carbons (Fsp3) is 0.295. The lowest BCUT2D eigenvalue weighted by atomic mass is 9.95. The van der Waals surface area contributed by atoms with Gasteiger partial charge in [0.15, 0.2) is 6.61 Å². The molecule has 2 unspecified atom stereocenters. The third kappa shape index (κ3) is 18.1. The molecule has 2 heterocycles. The van der Waals surface area contributed by atoms with Crippen molar-refractivity contribution in [2.45, 2.75) is 58.9 Å². The minimum absolute atomic E-state index is 0.0159. The van der Waals surface area contributed by atoms with Gasteiger partial charge in [0.1, 0.15) is 48.0 Å². The molecular weight excluding hydrogens is 1090 g/mol. The third-order valence-corrected chi connectivity index (χ3v) is 13.3. The van der Waals surface area contributed by atoms with Gasteiger partial charge in [-0.2, -0.15) is 0 Å². The fourth-order valence-corrected chi connectivity index (χ4v) is 9.12. The number of ether oxygens (including phenoxy) is 6. The number of rotatable bonds is 27. The van der Waals surface area contributed by atoms with Crippen LogP contribution in [0.15, 0.2) is 146 Å². The van der Waals surface area contributed by atoms with Crippen molar-refractivity contribution in [2.75, 3.05) is 57.7 Å². The number of esters is 2. The number of aliphatic hydroxyl groups excluding tert-OH is 1. The Morgan fingerprint density at radius 2 is 1.29 bits per heavy atom. The molecule has 2 atom stereocenters. The van der Waals surface area contributed by atoms with Gasteiger partial charge in [-0.05, 0) is 114 Å². The normalized spacial score (nSPS) is 12.7. The molecule has 0 fully saturated rings. The standard InChI is InChI=1S/C61H65N6O15P/c1-41(2)35-42-13-21-50(22-14-42)81-59(71)44-17-25-48(26-18-44)77-34-32-67-58-53-11-6-7-12-54(53)66(36-46-9-4-5-10-52(46)57(58)64-65-67)56(70)29-31-62-55(69)40-78-49-27-19-45(20-28-49)60(72)82-51-23-15-43(16-24-51)37-79-61(73)63-30-8-33-76-38-47(68)39-80-83(3,74)75/h4-7,9-28,41,47,68H,8,29-40H2,1-3H3,(H,62,69)(H,63,73)(H,74,75). The van der Waals surface area contributed by atoms with Gasteiger partial charge in [0.05, 0.1) is 48.8 Å². The molecule has 21 nitrogen and oxygen atoms in total. The van der Waals surface area contributed by atoms with Crippen molar-refractivity contribution in [2.24, 2.45) is 5.92 Å². The second-order valence-electron chi connectivity index (χ2n) is 19.8. The monoisotopic (exact) mass is 1150 g/mol. The number of amides is 3. The Kier molecular flexibility index (Phi) is 21.3. The molecule has 434 valence electrons. The van der Waals surface area contributed by atoms with Crippen molar-refractivity contribution >= 4 is 43.1 Å². The minimum atomic E-state index is -3.69. The maximum absolute atomic E-state index is 14.2. The zero-order valence-electron chi connectivity index (χ0n) is 46.1. The highest BCUT2D eigenvalue weighted by Gasteiger charge is 2.29. The van der Waals surface area contributed by atoms with Gasteiger partial charge in [-0.25, -0.2) is 19.1 Å². The summed E-state index contributed by atoms with van der Waals surface area (Å²) in [5.74, 6) is 0.347. The zero-order chi connectivity index (χ0) is 58.7. The van der Waals surface area contributed by atoms with E-state index in [9.17, 15) is 33.6 Å². The van der Waals surface area contributed by atoms with Gasteiger partial charge in [-0.15, -0.1) is 5.10 Å². The number of hydrogen-bond acceptors (Lipinski definition) is 16. The first kappa shape index (κ1) is 60.4. The van der Waals surface area contributed by atoms with Crippen molar-refractivity contribution < 1.29 is 71.5 Å². The Hall–Kier alpha value is -8.72. The first-order valence-corrected chi connectivity index (χ1v) is 28.9. The molecular formula is C61H65N6O15P. The van der Waals surface area contributed by atoms with Crippen LogP contribution in [-0.4, -0.2) is 114 Å². The Labute approximate surface area is 479 Å². The van der Waals surface area contributed by atoms with E-state index in [-0.39, 0.29) is 82.9 Å². The van der Waals surface area contributed by atoms with Gasteiger partial charge in [0.25, 0.3) is 5.91 Å². The van der Waals surface area contributed by atoms with Gasteiger partial charge in [-0.3, -0.25) is 14.2 Å². The maximum atomic E-state index is 14.2. The molecule has 1 aliphatic rings. The first-order valence-electron chi connectivity index (χ1n) is 26.9. The summed E-state index contributed by atoms with van der Waals surface area (Å²) in [6.45, 7) is 5.78. The molecule has 1 aromatic heterocycles. The number of carbonyl (C=O) groups excluding carboxylic acids is 5. The summed E-state index contributed by atoms with van der Waals surface area (Å²) < 4.78 is 51.0. The average molecular weight is 1150 g/mol. The molecule has 1 aliphatic heterocycles. The van der Waals surface area contributed by atoms with Gasteiger partial charge in [0, 0.05) is 43.9 Å². The number of nitrogens with zero attached hydrogens (tertiary/aromatic N) is 4. The van der Waals surface area contributed by atoms with E-state index in [1.54, 1.807) is 70.2 Å². The Morgan fingerprint density at radius 3 is 1.94 bits per heavy atom. The summed E-state index contributed by atoms with van der Waals surface area (Å²) in [5, 5.41) is 24.3. The molecule has 0 aliphatic carbocycles. The first-order chi connectivity index (χ1) is 40.0. The van der Waals surface area contributed by atoms with E-state index in [4.69, 9.17) is 33.3 Å². The number of hydrogen-bond donors (Lipinski definition) is 4. The number of benzene rings is 6. The van der Waals surface area contributed by atoms with Crippen LogP contribution >= 0.6 is 7.60 Å². The van der Waals surface area contributed by atoms with E-state index in [1.807, 2.05) is 60.7 Å². The molecule has 7 aromatic rings. The Bertz CT molecular complexity index is 3370. The van der Waals surface area contributed by atoms with Crippen LogP contribution in [0, 0.1) is 5.92 Å². The lowest BCUT2D eigenvalue weighted by Crippen LogP contribution is -2.36. The summed E-state index contributed by atoms with van der Waals surface area (Å²) in [6, 6.07) is 42.0. The number of alkyl carbamates (subject to hydrolysis) is 1. The molecule has 0 saturated heterocycles. The third-order valence-electron chi connectivity index (χ3n) is 12.7. The number of carbonyl (C=O) groups is 5. The average Bonchev–Trinajstić information content (AvgIpc) is 3.14. The number of para-hydroxylation sites is 1. The van der Waals surface area contributed by atoms with Crippen molar-refractivity contribution in [3.63, 3.8) is 0 Å². The lowest BCUT2D eigenvalue weighted by molar-refractivity contribution is -0.123. The summed E-state index contributed by atoms with van der Waals surface area (Å²) in [4.78, 5) is 75.9. The molecule has 6 aromatic carbocycles. The van der Waals surface area contributed by atoms with E-state index in [2.05, 4.69) is 39.3 Å². The molecule has 83 heavy (non-hydrogen) atoms. The predicted molar refractivity (Wildman–Crippen MR) is 306 cm³/mol. The lowest BCUT2D eigenvalue weighted by Gasteiger charge is -2.29. The van der Waals surface area contributed by atoms with Crippen LogP contribution in [-0.2, 0) is 54.3 Å². The SMILES string of the molecule is CC(C)Cc1ccc(OC(=O)c2ccc(OCCn3nnc4c3-c3ccccc3N(C(=O)CCNC(=O)COc3ccc(C(=O)Oc5ccc(COC(=O)NCCCOCC(O)COP(C)(=O)O)cc5)cc3)Cc3ccccc3-4)cc2)cc1. The number of aliphatic hydroxyl groups is 1. The second-order valence-corrected chi connectivity index (χ2v) is 21.7. The van der Waals surface area contributed by atoms with Crippen LogP contribution < -0.4 is 34.5 Å². The largest absolute Gasteiger partial charge is 0.492 e. The maximum Gasteiger partial charge on any atom is 0.407 e. The second kappa shape index (κ2) is 29.3. The Morgan fingerprint density at radius 1 is 0.687 bits per heavy atom.